The van der Waals surface area contributed by atoms with Gasteiger partial charge in [0.25, 0.3) is 0 Å². The number of aryl methyl sites for hydroxylation is 1. The largest absolute Gasteiger partial charge is 0.573 e. The van der Waals surface area contributed by atoms with Crippen LogP contribution in [0.1, 0.15) is 23.2 Å². The van der Waals surface area contributed by atoms with E-state index in [2.05, 4.69) is 14.9 Å². The van der Waals surface area contributed by atoms with E-state index in [0.29, 0.717) is 30.4 Å². The molecule has 25 heavy (non-hydrogen) atoms. The molecule has 0 amide bonds. The first-order valence-corrected chi connectivity index (χ1v) is 7.83. The molecule has 2 aromatic rings. The fourth-order valence-electron chi connectivity index (χ4n) is 3.12. The van der Waals surface area contributed by atoms with Crippen LogP contribution in [0.25, 0.3) is 0 Å². The minimum absolute atomic E-state index is 0.0662. The Labute approximate surface area is 142 Å². The standard InChI is InChI=1S/C16H18F3N3O3/c1-10-20-15(25-21-10)13-8-22(7-12(13)9-23)6-11-4-2-3-5-14(11)24-16(17,18)19/h2-5,12-13,23H,6-9H2,1H3/t12-,13+/m0/s1. The number of aliphatic hydroxyl groups excluding tert-OH is 1. The van der Waals surface area contributed by atoms with Crippen LogP contribution in [0.5, 0.6) is 5.75 Å². The van der Waals surface area contributed by atoms with E-state index in [0.717, 1.165) is 0 Å². The van der Waals surface area contributed by atoms with Gasteiger partial charge >= 0.3 is 6.36 Å². The molecule has 2 atom stereocenters. The minimum atomic E-state index is -4.74. The first-order chi connectivity index (χ1) is 11.9. The van der Waals surface area contributed by atoms with Gasteiger partial charge in [0.05, 0.1) is 5.92 Å². The zero-order valence-corrected chi connectivity index (χ0v) is 13.5. The molecule has 0 spiro atoms. The zero-order valence-electron chi connectivity index (χ0n) is 13.5. The maximum Gasteiger partial charge on any atom is 0.573 e. The lowest BCUT2D eigenvalue weighted by atomic mass is 9.97. The molecule has 1 saturated heterocycles. The summed E-state index contributed by atoms with van der Waals surface area (Å²) in [6, 6.07) is 6.05. The quantitative estimate of drug-likeness (QED) is 0.887. The Kier molecular flexibility index (Phi) is 4.96. The molecule has 1 aromatic carbocycles. The molecule has 1 N–H and O–H groups in total. The van der Waals surface area contributed by atoms with Gasteiger partial charge in [-0.3, -0.25) is 4.90 Å². The van der Waals surface area contributed by atoms with E-state index in [4.69, 9.17) is 4.52 Å². The van der Waals surface area contributed by atoms with Crippen LogP contribution in [0, 0.1) is 12.8 Å². The third-order valence-electron chi connectivity index (χ3n) is 4.20. The number of aliphatic hydroxyl groups is 1. The molecule has 1 aliphatic rings. The van der Waals surface area contributed by atoms with Gasteiger partial charge in [-0.2, -0.15) is 4.98 Å². The minimum Gasteiger partial charge on any atom is -0.405 e. The number of benzene rings is 1. The van der Waals surface area contributed by atoms with E-state index >= 15 is 0 Å². The van der Waals surface area contributed by atoms with Crippen molar-refractivity contribution in [1.29, 1.82) is 0 Å². The average molecular weight is 357 g/mol. The van der Waals surface area contributed by atoms with Crippen LogP contribution in [0.4, 0.5) is 13.2 Å². The Morgan fingerprint density at radius 1 is 1.32 bits per heavy atom. The Morgan fingerprint density at radius 3 is 2.72 bits per heavy atom. The lowest BCUT2D eigenvalue weighted by molar-refractivity contribution is -0.275. The summed E-state index contributed by atoms with van der Waals surface area (Å²) in [6.07, 6.45) is -4.74. The fourth-order valence-corrected chi connectivity index (χ4v) is 3.12. The topological polar surface area (TPSA) is 71.6 Å². The summed E-state index contributed by atoms with van der Waals surface area (Å²) >= 11 is 0. The van der Waals surface area contributed by atoms with Crippen LogP contribution in [-0.2, 0) is 6.54 Å². The first-order valence-electron chi connectivity index (χ1n) is 7.83. The molecule has 1 aromatic heterocycles. The smallest absolute Gasteiger partial charge is 0.405 e. The summed E-state index contributed by atoms with van der Waals surface area (Å²) in [5.74, 6) is 0.470. The fraction of sp³-hybridized carbons (Fsp3) is 0.500. The van der Waals surface area contributed by atoms with Crippen LogP contribution in [0.3, 0.4) is 0 Å². The van der Waals surface area contributed by atoms with Crippen molar-refractivity contribution in [3.63, 3.8) is 0 Å². The maximum absolute atomic E-state index is 12.5. The Balaban J connectivity index is 1.74. The summed E-state index contributed by atoms with van der Waals surface area (Å²) < 4.78 is 46.9. The molecule has 0 aliphatic carbocycles. The first kappa shape index (κ1) is 17.7. The van der Waals surface area contributed by atoms with Gasteiger partial charge in [-0.15, -0.1) is 13.2 Å². The van der Waals surface area contributed by atoms with Gasteiger partial charge in [-0.25, -0.2) is 0 Å². The van der Waals surface area contributed by atoms with E-state index < -0.39 is 6.36 Å². The second-order valence-corrected chi connectivity index (χ2v) is 6.08. The SMILES string of the molecule is Cc1noc([C@@H]2CN(Cc3ccccc3OC(F)(F)F)C[C@H]2CO)n1. The summed E-state index contributed by atoms with van der Waals surface area (Å²) in [7, 11) is 0. The monoisotopic (exact) mass is 357 g/mol. The van der Waals surface area contributed by atoms with Crippen LogP contribution in [-0.4, -0.2) is 46.2 Å². The zero-order chi connectivity index (χ0) is 18.0. The molecule has 2 heterocycles. The summed E-state index contributed by atoms with van der Waals surface area (Å²) in [4.78, 5) is 6.16. The number of halogens is 3. The molecule has 3 rings (SSSR count). The Bertz CT molecular complexity index is 720. The number of alkyl halides is 3. The van der Waals surface area contributed by atoms with Crippen LogP contribution < -0.4 is 4.74 Å². The second kappa shape index (κ2) is 7.01. The second-order valence-electron chi connectivity index (χ2n) is 6.08. The van der Waals surface area contributed by atoms with Gasteiger partial charge in [0.1, 0.15) is 5.75 Å². The number of rotatable bonds is 5. The van der Waals surface area contributed by atoms with Crippen molar-refractivity contribution in [2.75, 3.05) is 19.7 Å². The van der Waals surface area contributed by atoms with Gasteiger partial charge in [0.15, 0.2) is 5.82 Å². The molecule has 1 fully saturated rings. The van der Waals surface area contributed by atoms with Crippen LogP contribution in [0.2, 0.25) is 0 Å². The van der Waals surface area contributed by atoms with Gasteiger partial charge in [-0.05, 0) is 13.0 Å². The van der Waals surface area contributed by atoms with Crippen LogP contribution >= 0.6 is 0 Å². The predicted octanol–water partition coefficient (Wildman–Crippen LogP) is 2.48. The van der Waals surface area contributed by atoms with E-state index in [1.54, 1.807) is 19.1 Å². The van der Waals surface area contributed by atoms with E-state index in [-0.39, 0.29) is 30.7 Å². The molecular formula is C16H18F3N3O3. The number of hydrogen-bond acceptors (Lipinski definition) is 6. The molecule has 6 nitrogen and oxygen atoms in total. The maximum atomic E-state index is 12.5. The normalized spacial score (nSPS) is 21.6. The number of nitrogens with zero attached hydrogens (tertiary/aromatic N) is 3. The highest BCUT2D eigenvalue weighted by atomic mass is 19.4. The van der Waals surface area contributed by atoms with Gasteiger partial charge in [-0.1, -0.05) is 23.4 Å². The molecule has 0 unspecified atom stereocenters. The number of para-hydroxylation sites is 1. The van der Waals surface area contributed by atoms with Crippen molar-refractivity contribution in [1.82, 2.24) is 15.0 Å². The van der Waals surface area contributed by atoms with Crippen LogP contribution in [0.15, 0.2) is 28.8 Å². The summed E-state index contributed by atoms with van der Waals surface area (Å²) in [5, 5.41) is 13.4. The Hall–Kier alpha value is -2.13. The molecule has 0 saturated carbocycles. The van der Waals surface area contributed by atoms with Gasteiger partial charge < -0.3 is 14.4 Å². The van der Waals surface area contributed by atoms with Crippen molar-refractivity contribution in [3.05, 3.63) is 41.5 Å². The van der Waals surface area contributed by atoms with Crippen molar-refractivity contribution < 1.29 is 27.5 Å². The molecule has 0 radical (unpaired) electrons. The van der Waals surface area contributed by atoms with Crippen molar-refractivity contribution in [2.45, 2.75) is 25.7 Å². The van der Waals surface area contributed by atoms with E-state index in [1.807, 2.05) is 4.90 Å². The summed E-state index contributed by atoms with van der Waals surface area (Å²) in [6.45, 7) is 2.93. The molecular weight excluding hydrogens is 339 g/mol. The van der Waals surface area contributed by atoms with E-state index in [9.17, 15) is 18.3 Å². The average Bonchev–Trinajstić information content (AvgIpc) is 3.13. The summed E-state index contributed by atoms with van der Waals surface area (Å²) in [5.41, 5.74) is 0.430. The van der Waals surface area contributed by atoms with Gasteiger partial charge in [0.2, 0.25) is 5.89 Å². The van der Waals surface area contributed by atoms with Gasteiger partial charge in [0, 0.05) is 37.7 Å². The van der Waals surface area contributed by atoms with E-state index in [1.165, 1.54) is 12.1 Å². The lowest BCUT2D eigenvalue weighted by Crippen LogP contribution is -2.23. The number of hydrogen-bond donors (Lipinski definition) is 1. The third-order valence-corrected chi connectivity index (χ3v) is 4.20. The lowest BCUT2D eigenvalue weighted by Gasteiger charge is -2.19. The highest BCUT2D eigenvalue weighted by Crippen LogP contribution is 2.34. The number of aromatic nitrogens is 2. The molecule has 1 aliphatic heterocycles. The molecule has 0 bridgehead atoms. The third kappa shape index (κ3) is 4.29. The number of ether oxygens (including phenoxy) is 1. The Morgan fingerprint density at radius 2 is 2.08 bits per heavy atom. The van der Waals surface area contributed by atoms with Crippen molar-refractivity contribution in [2.24, 2.45) is 5.92 Å². The van der Waals surface area contributed by atoms with Crippen molar-refractivity contribution >= 4 is 0 Å². The molecule has 136 valence electrons. The van der Waals surface area contributed by atoms with Crippen molar-refractivity contribution in [3.8, 4) is 5.75 Å². The predicted molar refractivity (Wildman–Crippen MR) is 80.8 cm³/mol. The molecule has 9 heteroatoms. The highest BCUT2D eigenvalue weighted by Gasteiger charge is 2.37. The number of likely N-dealkylation sites (tertiary alicyclic amines) is 1. The highest BCUT2D eigenvalue weighted by molar-refractivity contribution is 5.33.